The van der Waals surface area contributed by atoms with Crippen molar-refractivity contribution in [1.29, 1.82) is 0 Å². The number of benzene rings is 2. The first-order chi connectivity index (χ1) is 17.2. The van der Waals surface area contributed by atoms with Gasteiger partial charge in [-0.05, 0) is 60.0 Å². The molecule has 3 heterocycles. The first-order valence-electron chi connectivity index (χ1n) is 10.8. The maximum Gasteiger partial charge on any atom is 0.319 e. The molecule has 0 saturated heterocycles. The minimum atomic E-state index is -0.355. The summed E-state index contributed by atoms with van der Waals surface area (Å²) in [5, 5.41) is 15.0. The number of anilines is 2. The van der Waals surface area contributed by atoms with Crippen LogP contribution in [-0.4, -0.2) is 21.7 Å². The second kappa shape index (κ2) is 10.1. The molecule has 2 aromatic carbocycles. The van der Waals surface area contributed by atoms with Crippen molar-refractivity contribution in [3.8, 4) is 16.3 Å². The molecule has 0 unspecified atom stereocenters. The fourth-order valence-corrected chi connectivity index (χ4v) is 4.16. The van der Waals surface area contributed by atoms with Gasteiger partial charge in [0.1, 0.15) is 11.5 Å². The fraction of sp³-hybridized carbons (Fsp3) is 0.0385. The molecule has 5 rings (SSSR count). The molecule has 5 aromatic rings. The number of aromatic nitrogens is 2. The van der Waals surface area contributed by atoms with E-state index in [0.717, 1.165) is 10.6 Å². The SMILES string of the molecule is O=C(NCc1ccco1)Nc1ccc(NC(=O)c2cn(-c3ccccc3)nc2-c2cccs2)cc1. The normalized spacial score (nSPS) is 10.6. The molecule has 0 spiro atoms. The Labute approximate surface area is 205 Å². The third-order valence-corrected chi connectivity index (χ3v) is 6.01. The van der Waals surface area contributed by atoms with E-state index in [1.54, 1.807) is 53.5 Å². The van der Waals surface area contributed by atoms with Crippen LogP contribution in [0.1, 0.15) is 16.1 Å². The molecule has 0 saturated carbocycles. The first kappa shape index (κ1) is 22.2. The van der Waals surface area contributed by atoms with Crippen LogP contribution >= 0.6 is 11.3 Å². The minimum absolute atomic E-state index is 0.271. The molecule has 0 aliphatic rings. The molecule has 0 fully saturated rings. The highest BCUT2D eigenvalue weighted by Crippen LogP contribution is 2.28. The van der Waals surface area contributed by atoms with Crippen molar-refractivity contribution in [2.45, 2.75) is 6.54 Å². The van der Waals surface area contributed by atoms with E-state index in [2.05, 4.69) is 21.0 Å². The lowest BCUT2D eigenvalue weighted by Gasteiger charge is -2.08. The highest BCUT2D eigenvalue weighted by Gasteiger charge is 2.19. The van der Waals surface area contributed by atoms with Gasteiger partial charge < -0.3 is 20.4 Å². The zero-order valence-corrected chi connectivity index (χ0v) is 19.3. The summed E-state index contributed by atoms with van der Waals surface area (Å²) < 4.78 is 6.90. The molecule has 3 N–H and O–H groups in total. The Kier molecular flexibility index (Phi) is 6.40. The number of furan rings is 1. The number of hydrogen-bond acceptors (Lipinski definition) is 5. The predicted molar refractivity (Wildman–Crippen MR) is 136 cm³/mol. The van der Waals surface area contributed by atoms with E-state index in [-0.39, 0.29) is 18.5 Å². The van der Waals surface area contributed by atoms with Crippen molar-refractivity contribution in [3.63, 3.8) is 0 Å². The summed E-state index contributed by atoms with van der Waals surface area (Å²) >= 11 is 1.53. The van der Waals surface area contributed by atoms with Crippen molar-refractivity contribution in [2.75, 3.05) is 10.6 Å². The van der Waals surface area contributed by atoms with E-state index >= 15 is 0 Å². The van der Waals surface area contributed by atoms with E-state index < -0.39 is 0 Å². The van der Waals surface area contributed by atoms with Gasteiger partial charge in [0.05, 0.1) is 28.9 Å². The number of amides is 3. The zero-order valence-electron chi connectivity index (χ0n) is 18.5. The van der Waals surface area contributed by atoms with Crippen LogP contribution in [0.3, 0.4) is 0 Å². The van der Waals surface area contributed by atoms with Crippen molar-refractivity contribution in [2.24, 2.45) is 0 Å². The predicted octanol–water partition coefficient (Wildman–Crippen LogP) is 5.77. The number of carbonyl (C=O) groups is 2. The summed E-state index contributed by atoms with van der Waals surface area (Å²) in [5.74, 6) is 0.392. The second-order valence-electron chi connectivity index (χ2n) is 7.57. The molecule has 3 amide bonds. The Morgan fingerprint density at radius 1 is 0.886 bits per heavy atom. The third-order valence-electron chi connectivity index (χ3n) is 5.14. The molecule has 35 heavy (non-hydrogen) atoms. The van der Waals surface area contributed by atoms with Crippen molar-refractivity contribution < 1.29 is 14.0 Å². The van der Waals surface area contributed by atoms with Crippen molar-refractivity contribution >= 4 is 34.6 Å². The monoisotopic (exact) mass is 483 g/mol. The summed E-state index contributed by atoms with van der Waals surface area (Å²) in [7, 11) is 0. The van der Waals surface area contributed by atoms with Gasteiger partial charge in [-0.15, -0.1) is 11.3 Å². The van der Waals surface area contributed by atoms with Crippen LogP contribution in [0.25, 0.3) is 16.3 Å². The smallest absolute Gasteiger partial charge is 0.319 e. The Morgan fingerprint density at radius 2 is 1.66 bits per heavy atom. The van der Waals surface area contributed by atoms with Crippen LogP contribution in [0, 0.1) is 0 Å². The molecule has 0 aliphatic heterocycles. The average molecular weight is 484 g/mol. The lowest BCUT2D eigenvalue weighted by Crippen LogP contribution is -2.27. The molecule has 9 heteroatoms. The number of nitrogens with zero attached hydrogens (tertiary/aromatic N) is 2. The number of nitrogens with one attached hydrogen (secondary N) is 3. The molecule has 0 radical (unpaired) electrons. The van der Waals surface area contributed by atoms with Crippen molar-refractivity contribution in [1.82, 2.24) is 15.1 Å². The molecule has 0 atom stereocenters. The second-order valence-corrected chi connectivity index (χ2v) is 8.52. The van der Waals surface area contributed by atoms with Gasteiger partial charge in [-0.1, -0.05) is 24.3 Å². The largest absolute Gasteiger partial charge is 0.467 e. The molecule has 0 bridgehead atoms. The van der Waals surface area contributed by atoms with E-state index in [0.29, 0.717) is 28.4 Å². The van der Waals surface area contributed by atoms with Crippen molar-refractivity contribution in [3.05, 3.63) is 108 Å². The van der Waals surface area contributed by atoms with Gasteiger partial charge in [0, 0.05) is 17.6 Å². The number of thiophene rings is 1. The molecule has 8 nitrogen and oxygen atoms in total. The topological polar surface area (TPSA) is 101 Å². The molecular weight excluding hydrogens is 462 g/mol. The number of para-hydroxylation sites is 1. The maximum absolute atomic E-state index is 13.2. The highest BCUT2D eigenvalue weighted by molar-refractivity contribution is 7.13. The highest BCUT2D eigenvalue weighted by atomic mass is 32.1. The lowest BCUT2D eigenvalue weighted by molar-refractivity contribution is 0.102. The summed E-state index contributed by atoms with van der Waals surface area (Å²) in [4.78, 5) is 26.2. The van der Waals surface area contributed by atoms with E-state index in [9.17, 15) is 9.59 Å². The number of rotatable bonds is 7. The van der Waals surface area contributed by atoms with Gasteiger partial charge in [0.25, 0.3) is 5.91 Å². The number of carbonyl (C=O) groups excluding carboxylic acids is 2. The Hall–Kier alpha value is -4.63. The zero-order chi connectivity index (χ0) is 24.0. The Bertz CT molecular complexity index is 1410. The summed E-state index contributed by atoms with van der Waals surface area (Å²) in [5.41, 5.74) is 3.14. The quantitative estimate of drug-likeness (QED) is 0.274. The molecule has 174 valence electrons. The van der Waals surface area contributed by atoms with Gasteiger partial charge in [-0.2, -0.15) is 5.10 Å². The van der Waals surface area contributed by atoms with Crippen LogP contribution in [0.15, 0.2) is 101 Å². The van der Waals surface area contributed by atoms with Gasteiger partial charge in [0.2, 0.25) is 0 Å². The third kappa shape index (κ3) is 5.31. The van der Waals surface area contributed by atoms with Gasteiger partial charge in [-0.25, -0.2) is 9.48 Å². The van der Waals surface area contributed by atoms with Crippen LogP contribution < -0.4 is 16.0 Å². The van der Waals surface area contributed by atoms with E-state index in [1.165, 1.54) is 11.3 Å². The number of hydrogen-bond donors (Lipinski definition) is 3. The standard InChI is InChI=1S/C26H21N5O3S/c32-25(22-17-31(20-6-2-1-3-7-20)30-24(22)23-9-5-15-35-23)28-18-10-12-19(13-11-18)29-26(33)27-16-21-8-4-14-34-21/h1-15,17H,16H2,(H,28,32)(H2,27,29,33). The summed E-state index contributed by atoms with van der Waals surface area (Å²) in [6.07, 6.45) is 3.29. The van der Waals surface area contributed by atoms with Crippen LogP contribution in [0.4, 0.5) is 16.2 Å². The fourth-order valence-electron chi connectivity index (χ4n) is 3.44. The molecule has 3 aromatic heterocycles. The van der Waals surface area contributed by atoms with Crippen LogP contribution in [0.5, 0.6) is 0 Å². The molecular formula is C26H21N5O3S. The van der Waals surface area contributed by atoms with Crippen LogP contribution in [0.2, 0.25) is 0 Å². The summed E-state index contributed by atoms with van der Waals surface area (Å²) in [6, 6.07) is 23.6. The van der Waals surface area contributed by atoms with Gasteiger partial charge in [0.15, 0.2) is 0 Å². The number of urea groups is 1. The van der Waals surface area contributed by atoms with E-state index in [1.807, 2.05) is 47.8 Å². The van der Waals surface area contributed by atoms with Gasteiger partial charge in [-0.3, -0.25) is 4.79 Å². The first-order valence-corrected chi connectivity index (χ1v) is 11.7. The minimum Gasteiger partial charge on any atom is -0.467 e. The van der Waals surface area contributed by atoms with E-state index in [4.69, 9.17) is 4.42 Å². The van der Waals surface area contributed by atoms with Crippen LogP contribution in [-0.2, 0) is 6.54 Å². The molecule has 0 aliphatic carbocycles. The lowest BCUT2D eigenvalue weighted by atomic mass is 10.2. The average Bonchev–Trinajstić information content (AvgIpc) is 3.66. The summed E-state index contributed by atoms with van der Waals surface area (Å²) in [6.45, 7) is 0.288. The maximum atomic E-state index is 13.2. The Morgan fingerprint density at radius 3 is 2.34 bits per heavy atom. The Balaban J connectivity index is 1.28. The van der Waals surface area contributed by atoms with Gasteiger partial charge >= 0.3 is 6.03 Å².